The average Bonchev–Trinajstić information content (AvgIpc) is 2.14. The summed E-state index contributed by atoms with van der Waals surface area (Å²) in [5, 5.41) is 0. The Bertz CT molecular complexity index is 198. The molecule has 14 heavy (non-hydrogen) atoms. The van der Waals surface area contributed by atoms with Gasteiger partial charge >= 0.3 is 0 Å². The summed E-state index contributed by atoms with van der Waals surface area (Å²) in [5.74, 6) is 6.38. The standard InChI is InChI=1S/C10H21N3O/c1-7-4-8(2)6-13(5-7)9(3)10(14)12-11/h7-9H,4-6,11H2,1-3H3,(H,12,14)/t7-,8+,9-/m1/s1. The molecular formula is C10H21N3O. The fourth-order valence-electron chi connectivity index (χ4n) is 2.31. The maximum absolute atomic E-state index is 11.3. The Kier molecular flexibility index (Phi) is 3.89. The highest BCUT2D eigenvalue weighted by Gasteiger charge is 2.28. The molecule has 1 heterocycles. The molecule has 1 fully saturated rings. The van der Waals surface area contributed by atoms with Crippen molar-refractivity contribution in [3.8, 4) is 0 Å². The first-order valence-corrected chi connectivity index (χ1v) is 5.29. The van der Waals surface area contributed by atoms with Crippen molar-refractivity contribution in [1.82, 2.24) is 10.3 Å². The van der Waals surface area contributed by atoms with Crippen molar-refractivity contribution in [1.29, 1.82) is 0 Å². The van der Waals surface area contributed by atoms with Crippen LogP contribution < -0.4 is 11.3 Å². The molecule has 0 aromatic heterocycles. The lowest BCUT2D eigenvalue weighted by Gasteiger charge is -2.37. The van der Waals surface area contributed by atoms with E-state index in [1.807, 2.05) is 6.92 Å². The molecule has 1 amide bonds. The molecule has 0 aromatic rings. The van der Waals surface area contributed by atoms with Gasteiger partial charge in [0.05, 0.1) is 6.04 Å². The number of nitrogens with two attached hydrogens (primary N) is 1. The van der Waals surface area contributed by atoms with Crippen LogP contribution >= 0.6 is 0 Å². The molecule has 3 N–H and O–H groups in total. The molecule has 0 saturated carbocycles. The van der Waals surface area contributed by atoms with E-state index in [1.165, 1.54) is 6.42 Å². The number of rotatable bonds is 2. The third-order valence-corrected chi connectivity index (χ3v) is 2.97. The van der Waals surface area contributed by atoms with Gasteiger partial charge in [0.15, 0.2) is 0 Å². The second-order valence-corrected chi connectivity index (χ2v) is 4.58. The first-order chi connectivity index (χ1) is 6.54. The molecule has 0 spiro atoms. The summed E-state index contributed by atoms with van der Waals surface area (Å²) in [6.07, 6.45) is 1.26. The number of carbonyl (C=O) groups is 1. The van der Waals surface area contributed by atoms with Gasteiger partial charge in [-0.3, -0.25) is 15.1 Å². The zero-order valence-corrected chi connectivity index (χ0v) is 9.29. The highest BCUT2D eigenvalue weighted by Crippen LogP contribution is 2.22. The second-order valence-electron chi connectivity index (χ2n) is 4.58. The second kappa shape index (κ2) is 4.75. The summed E-state index contributed by atoms with van der Waals surface area (Å²) in [7, 11) is 0. The van der Waals surface area contributed by atoms with Gasteiger partial charge in [-0.05, 0) is 25.2 Å². The molecule has 1 aliphatic rings. The van der Waals surface area contributed by atoms with Gasteiger partial charge in [-0.1, -0.05) is 13.8 Å². The van der Waals surface area contributed by atoms with Crippen LogP contribution in [-0.2, 0) is 4.79 Å². The Labute approximate surface area is 85.8 Å². The molecule has 0 aromatic carbocycles. The van der Waals surface area contributed by atoms with Gasteiger partial charge in [0.2, 0.25) is 0 Å². The van der Waals surface area contributed by atoms with Crippen molar-refractivity contribution in [3.63, 3.8) is 0 Å². The van der Waals surface area contributed by atoms with Crippen LogP contribution in [0.1, 0.15) is 27.2 Å². The molecule has 4 nitrogen and oxygen atoms in total. The number of carbonyl (C=O) groups excluding carboxylic acids is 1. The number of hydrogen-bond donors (Lipinski definition) is 2. The molecule has 0 bridgehead atoms. The highest BCUT2D eigenvalue weighted by atomic mass is 16.2. The predicted molar refractivity (Wildman–Crippen MR) is 56.3 cm³/mol. The maximum Gasteiger partial charge on any atom is 0.250 e. The molecule has 1 aliphatic heterocycles. The summed E-state index contributed by atoms with van der Waals surface area (Å²) < 4.78 is 0. The SMILES string of the molecule is C[C@@H]1C[C@H](C)CN([C@H](C)C(=O)NN)C1. The van der Waals surface area contributed by atoms with E-state index >= 15 is 0 Å². The quantitative estimate of drug-likeness (QED) is 0.383. The smallest absolute Gasteiger partial charge is 0.250 e. The van der Waals surface area contributed by atoms with Crippen molar-refractivity contribution >= 4 is 5.91 Å². The number of nitrogens with zero attached hydrogens (tertiary/aromatic N) is 1. The van der Waals surface area contributed by atoms with E-state index in [4.69, 9.17) is 5.84 Å². The number of piperidine rings is 1. The first-order valence-electron chi connectivity index (χ1n) is 5.29. The van der Waals surface area contributed by atoms with Crippen LogP contribution in [0.3, 0.4) is 0 Å². The molecule has 0 aliphatic carbocycles. The van der Waals surface area contributed by atoms with E-state index in [-0.39, 0.29) is 11.9 Å². The summed E-state index contributed by atoms with van der Waals surface area (Å²) in [6.45, 7) is 8.37. The zero-order valence-electron chi connectivity index (χ0n) is 9.29. The van der Waals surface area contributed by atoms with Crippen molar-refractivity contribution in [3.05, 3.63) is 0 Å². The summed E-state index contributed by atoms with van der Waals surface area (Å²) >= 11 is 0. The van der Waals surface area contributed by atoms with Crippen LogP contribution in [0.2, 0.25) is 0 Å². The zero-order chi connectivity index (χ0) is 10.7. The van der Waals surface area contributed by atoms with Gasteiger partial charge < -0.3 is 0 Å². The van der Waals surface area contributed by atoms with Crippen LogP contribution in [0.25, 0.3) is 0 Å². The average molecular weight is 199 g/mol. The molecule has 3 atom stereocenters. The van der Waals surface area contributed by atoms with E-state index < -0.39 is 0 Å². The van der Waals surface area contributed by atoms with Crippen LogP contribution in [0.5, 0.6) is 0 Å². The normalized spacial score (nSPS) is 31.1. The number of amides is 1. The Hall–Kier alpha value is -0.610. The topological polar surface area (TPSA) is 58.4 Å². The minimum Gasteiger partial charge on any atom is -0.293 e. The number of hydrogen-bond acceptors (Lipinski definition) is 3. The van der Waals surface area contributed by atoms with Gasteiger partial charge in [-0.25, -0.2) is 5.84 Å². The van der Waals surface area contributed by atoms with Crippen molar-refractivity contribution in [2.24, 2.45) is 17.7 Å². The van der Waals surface area contributed by atoms with E-state index in [1.54, 1.807) is 0 Å². The van der Waals surface area contributed by atoms with E-state index in [0.29, 0.717) is 11.8 Å². The number of nitrogens with one attached hydrogen (secondary N) is 1. The minimum atomic E-state index is -0.106. The van der Waals surface area contributed by atoms with Gasteiger partial charge in [0, 0.05) is 13.1 Å². The minimum absolute atomic E-state index is 0.0914. The lowest BCUT2D eigenvalue weighted by atomic mass is 9.91. The van der Waals surface area contributed by atoms with Gasteiger partial charge in [-0.2, -0.15) is 0 Å². The fraction of sp³-hybridized carbons (Fsp3) is 0.900. The van der Waals surface area contributed by atoms with E-state index in [2.05, 4.69) is 24.2 Å². The fourth-order valence-corrected chi connectivity index (χ4v) is 2.31. The largest absolute Gasteiger partial charge is 0.293 e. The highest BCUT2D eigenvalue weighted by molar-refractivity contribution is 5.80. The Balaban J connectivity index is 2.54. The lowest BCUT2D eigenvalue weighted by Crippen LogP contribution is -2.51. The predicted octanol–water partition coefficient (Wildman–Crippen LogP) is 0.343. The molecule has 82 valence electrons. The Morgan fingerprint density at radius 3 is 2.36 bits per heavy atom. The van der Waals surface area contributed by atoms with Crippen molar-refractivity contribution in [2.75, 3.05) is 13.1 Å². The summed E-state index contributed by atoms with van der Waals surface area (Å²) in [5.41, 5.74) is 2.21. The lowest BCUT2D eigenvalue weighted by molar-refractivity contribution is -0.126. The van der Waals surface area contributed by atoms with E-state index in [0.717, 1.165) is 13.1 Å². The Morgan fingerprint density at radius 1 is 1.43 bits per heavy atom. The van der Waals surface area contributed by atoms with Gasteiger partial charge in [-0.15, -0.1) is 0 Å². The van der Waals surface area contributed by atoms with Crippen LogP contribution in [0, 0.1) is 11.8 Å². The molecule has 4 heteroatoms. The van der Waals surface area contributed by atoms with Crippen LogP contribution in [0.4, 0.5) is 0 Å². The van der Waals surface area contributed by atoms with E-state index in [9.17, 15) is 4.79 Å². The number of hydrazine groups is 1. The number of likely N-dealkylation sites (tertiary alicyclic amines) is 1. The molecule has 1 saturated heterocycles. The third kappa shape index (κ3) is 2.69. The van der Waals surface area contributed by atoms with Gasteiger partial charge in [0.1, 0.15) is 0 Å². The molecule has 0 radical (unpaired) electrons. The molecule has 1 rings (SSSR count). The third-order valence-electron chi connectivity index (χ3n) is 2.97. The molecular weight excluding hydrogens is 178 g/mol. The Morgan fingerprint density at radius 2 is 1.93 bits per heavy atom. The van der Waals surface area contributed by atoms with Crippen molar-refractivity contribution < 1.29 is 4.79 Å². The van der Waals surface area contributed by atoms with Crippen LogP contribution in [0.15, 0.2) is 0 Å². The summed E-state index contributed by atoms with van der Waals surface area (Å²) in [6, 6.07) is -0.106. The summed E-state index contributed by atoms with van der Waals surface area (Å²) in [4.78, 5) is 13.6. The van der Waals surface area contributed by atoms with Gasteiger partial charge in [0.25, 0.3) is 5.91 Å². The first kappa shape index (κ1) is 11.5. The van der Waals surface area contributed by atoms with Crippen LogP contribution in [-0.4, -0.2) is 29.9 Å². The monoisotopic (exact) mass is 199 g/mol. The maximum atomic E-state index is 11.3. The molecule has 0 unspecified atom stereocenters. The van der Waals surface area contributed by atoms with Crippen molar-refractivity contribution in [2.45, 2.75) is 33.2 Å².